The lowest BCUT2D eigenvalue weighted by molar-refractivity contribution is -0.148. The van der Waals surface area contributed by atoms with E-state index in [1.165, 1.54) is 0 Å². The van der Waals surface area contributed by atoms with Crippen LogP contribution in [0, 0.1) is 17.8 Å². The van der Waals surface area contributed by atoms with Gasteiger partial charge in [-0.3, -0.25) is 14.4 Å². The summed E-state index contributed by atoms with van der Waals surface area (Å²) in [5.74, 6) is -2.12. The fourth-order valence-electron chi connectivity index (χ4n) is 7.74. The second kappa shape index (κ2) is 13.6. The minimum Gasteiger partial charge on any atom is -0.394 e. The Morgan fingerprint density at radius 2 is 1.77 bits per heavy atom. The number of alkyl halides is 1. The molecule has 12 heteroatoms. The maximum atomic E-state index is 15.0. The Morgan fingerprint density at radius 1 is 1.09 bits per heavy atom. The Labute approximate surface area is 288 Å². The van der Waals surface area contributed by atoms with Gasteiger partial charge in [-0.2, -0.15) is 0 Å². The normalized spacial score (nSPS) is 26.9. The molecule has 3 aliphatic rings. The van der Waals surface area contributed by atoms with Gasteiger partial charge in [0.2, 0.25) is 17.7 Å². The third-order valence-electron chi connectivity index (χ3n) is 9.82. The van der Waals surface area contributed by atoms with Crippen molar-refractivity contribution in [3.8, 4) is 0 Å². The van der Waals surface area contributed by atoms with E-state index in [1.807, 2.05) is 68.4 Å². The molecular formula is C35H41BrN6O4S. The monoisotopic (exact) mass is 720 g/mol. The van der Waals surface area contributed by atoms with E-state index in [-0.39, 0.29) is 53.5 Å². The summed E-state index contributed by atoms with van der Waals surface area (Å²) in [6.45, 7) is 12.4. The summed E-state index contributed by atoms with van der Waals surface area (Å²) in [7, 11) is 0. The first-order chi connectivity index (χ1) is 22.7. The summed E-state index contributed by atoms with van der Waals surface area (Å²) in [4.78, 5) is 49.3. The molecule has 6 rings (SSSR count). The minimum atomic E-state index is -0.899. The quantitative estimate of drug-likeness (QED) is 0.209. The number of aromatic nitrogens is 3. The van der Waals surface area contributed by atoms with Crippen LogP contribution in [-0.2, 0) is 27.6 Å². The second-order valence-corrected chi connectivity index (χ2v) is 15.7. The first kappa shape index (κ1) is 33.4. The number of amides is 3. The Bertz CT molecular complexity index is 1670. The van der Waals surface area contributed by atoms with Crippen LogP contribution in [-0.4, -0.2) is 99.1 Å². The summed E-state index contributed by atoms with van der Waals surface area (Å²) >= 11 is 5.47. The lowest BCUT2D eigenvalue weighted by Gasteiger charge is -2.41. The summed E-state index contributed by atoms with van der Waals surface area (Å²) in [5, 5.41) is 19.0. The van der Waals surface area contributed by atoms with Crippen molar-refractivity contribution in [2.24, 2.45) is 17.8 Å². The van der Waals surface area contributed by atoms with Gasteiger partial charge in [0.25, 0.3) is 0 Å². The molecule has 3 aliphatic heterocycles. The zero-order chi connectivity index (χ0) is 33.5. The van der Waals surface area contributed by atoms with Gasteiger partial charge in [0, 0.05) is 29.7 Å². The van der Waals surface area contributed by atoms with Crippen LogP contribution in [0.2, 0.25) is 0 Å². The molecule has 0 aliphatic carbocycles. The van der Waals surface area contributed by atoms with E-state index in [1.54, 1.807) is 43.3 Å². The number of halogens is 1. The molecule has 2 aromatic carbocycles. The van der Waals surface area contributed by atoms with Crippen molar-refractivity contribution in [3.63, 3.8) is 0 Å². The van der Waals surface area contributed by atoms with Crippen LogP contribution in [0.15, 0.2) is 79.9 Å². The van der Waals surface area contributed by atoms with Gasteiger partial charge >= 0.3 is 0 Å². The molecule has 0 radical (unpaired) electrons. The van der Waals surface area contributed by atoms with Crippen molar-refractivity contribution >= 4 is 56.4 Å². The summed E-state index contributed by atoms with van der Waals surface area (Å²) < 4.78 is 0.806. The summed E-state index contributed by atoms with van der Waals surface area (Å²) in [5.41, 5.74) is 2.48. The van der Waals surface area contributed by atoms with Gasteiger partial charge in [0.15, 0.2) is 0 Å². The van der Waals surface area contributed by atoms with Gasteiger partial charge in [-0.25, -0.2) is 4.68 Å². The van der Waals surface area contributed by atoms with Crippen LogP contribution >= 0.6 is 27.7 Å². The number of hydrogen-bond acceptors (Lipinski definition) is 7. The highest BCUT2D eigenvalue weighted by Gasteiger charge is 2.76. The van der Waals surface area contributed by atoms with Crippen LogP contribution < -0.4 is 0 Å². The zero-order valence-electron chi connectivity index (χ0n) is 26.7. The fraction of sp³-hybridized carbons (Fsp3) is 0.457. The van der Waals surface area contributed by atoms with E-state index >= 15 is 0 Å². The molecule has 7 atom stereocenters. The molecule has 1 N–H and O–H groups in total. The molecule has 3 aromatic rings. The second-order valence-electron chi connectivity index (χ2n) is 13.0. The molecule has 3 saturated heterocycles. The van der Waals surface area contributed by atoms with E-state index in [9.17, 15) is 19.5 Å². The first-order valence-corrected chi connectivity index (χ1v) is 17.8. The predicted octanol–water partition coefficient (Wildman–Crippen LogP) is 4.10. The van der Waals surface area contributed by atoms with Gasteiger partial charge in [-0.1, -0.05) is 89.6 Å². The standard InChI is InChI=1S/C35H41BrN6O4S/c1-5-16-39(19-23-12-8-7-9-13-23)32(44)28-29-33(45)42(27(20-43)22(3)4)31(35(29)18-24(36)30(28)47-35)34(46)40(17-6-2)21-41-26-15-11-10-14-25(26)37-38-41/h5-15,22,24,27-31,43H,1-2,16-21H2,3-4H3/t24?,27-,28+,29-,30+,31?,35?/m0/s1. The largest absolute Gasteiger partial charge is 0.394 e. The molecule has 1 spiro atoms. The third kappa shape index (κ3) is 5.72. The molecule has 3 fully saturated rings. The number of carbonyl (C=O) groups is 3. The fourth-order valence-corrected chi connectivity index (χ4v) is 11.3. The number of nitrogens with zero attached hydrogens (tertiary/aromatic N) is 6. The maximum Gasteiger partial charge on any atom is 0.248 e. The lowest BCUT2D eigenvalue weighted by atomic mass is 9.70. The van der Waals surface area contributed by atoms with Crippen LogP contribution in [0.3, 0.4) is 0 Å². The molecule has 248 valence electrons. The van der Waals surface area contributed by atoms with E-state index < -0.39 is 28.7 Å². The van der Waals surface area contributed by atoms with E-state index in [4.69, 9.17) is 0 Å². The number of fused-ring (bicyclic) bond motifs is 2. The van der Waals surface area contributed by atoms with Crippen molar-refractivity contribution in [2.75, 3.05) is 19.7 Å². The molecule has 2 bridgehead atoms. The van der Waals surface area contributed by atoms with Gasteiger partial charge in [-0.05, 0) is 30.0 Å². The number of aliphatic hydroxyl groups is 1. The summed E-state index contributed by atoms with van der Waals surface area (Å²) in [6, 6.07) is 15.8. The van der Waals surface area contributed by atoms with Crippen molar-refractivity contribution in [1.29, 1.82) is 0 Å². The molecule has 0 saturated carbocycles. The molecule has 1 aromatic heterocycles. The summed E-state index contributed by atoms with van der Waals surface area (Å²) in [6.07, 6.45) is 3.91. The number of thioether (sulfide) groups is 1. The highest BCUT2D eigenvalue weighted by atomic mass is 79.9. The average molecular weight is 722 g/mol. The highest BCUT2D eigenvalue weighted by Crippen LogP contribution is 2.68. The van der Waals surface area contributed by atoms with Crippen molar-refractivity contribution in [1.82, 2.24) is 29.7 Å². The van der Waals surface area contributed by atoms with Gasteiger partial charge in [0.1, 0.15) is 18.2 Å². The molecular weight excluding hydrogens is 680 g/mol. The Kier molecular flexibility index (Phi) is 9.64. The zero-order valence-corrected chi connectivity index (χ0v) is 29.1. The smallest absolute Gasteiger partial charge is 0.248 e. The molecule has 3 unspecified atom stereocenters. The molecule has 4 heterocycles. The van der Waals surface area contributed by atoms with Crippen molar-refractivity contribution in [2.45, 2.75) is 60.4 Å². The Balaban J connectivity index is 1.41. The molecule has 47 heavy (non-hydrogen) atoms. The Morgan fingerprint density at radius 3 is 2.45 bits per heavy atom. The van der Waals surface area contributed by atoms with Crippen molar-refractivity contribution < 1.29 is 19.5 Å². The van der Waals surface area contributed by atoms with Crippen molar-refractivity contribution in [3.05, 3.63) is 85.5 Å². The highest BCUT2D eigenvalue weighted by molar-refractivity contribution is 9.09. The van der Waals surface area contributed by atoms with E-state index in [2.05, 4.69) is 39.4 Å². The lowest BCUT2D eigenvalue weighted by Crippen LogP contribution is -2.59. The topological polar surface area (TPSA) is 112 Å². The number of rotatable bonds is 13. The maximum absolute atomic E-state index is 15.0. The number of likely N-dealkylation sites (tertiary alicyclic amines) is 1. The molecule has 3 amide bonds. The van der Waals surface area contributed by atoms with Crippen LogP contribution in [0.4, 0.5) is 0 Å². The molecule has 10 nitrogen and oxygen atoms in total. The van der Waals surface area contributed by atoms with Crippen LogP contribution in [0.25, 0.3) is 11.0 Å². The minimum absolute atomic E-state index is 0.0817. The van der Waals surface area contributed by atoms with Gasteiger partial charge in [0.05, 0.1) is 34.7 Å². The van der Waals surface area contributed by atoms with Crippen LogP contribution in [0.1, 0.15) is 25.8 Å². The van der Waals surface area contributed by atoms with E-state index in [0.717, 1.165) is 11.1 Å². The van der Waals surface area contributed by atoms with Gasteiger partial charge < -0.3 is 19.8 Å². The SMILES string of the molecule is C=CCN(Cn1nnc2ccccc21)C(=O)C1N([C@@H](CO)C(C)C)C(=O)[C@@H]2[C@@H](C(=O)N(CC=C)Cc3ccccc3)[C@@H]3SC12CC3Br. The predicted molar refractivity (Wildman–Crippen MR) is 186 cm³/mol. The number of carbonyl (C=O) groups excluding carboxylic acids is 3. The number of para-hydroxylation sites is 1. The number of benzene rings is 2. The van der Waals surface area contributed by atoms with Crippen LogP contribution in [0.5, 0.6) is 0 Å². The number of hydrogen-bond donors (Lipinski definition) is 1. The Hall–Kier alpha value is -3.48. The third-order valence-corrected chi connectivity index (χ3v) is 13.0. The number of aliphatic hydroxyl groups excluding tert-OH is 1. The van der Waals surface area contributed by atoms with Gasteiger partial charge in [-0.15, -0.1) is 30.0 Å². The average Bonchev–Trinajstić information content (AvgIpc) is 3.78. The first-order valence-electron chi connectivity index (χ1n) is 16.0. The van der Waals surface area contributed by atoms with E-state index in [0.29, 0.717) is 25.0 Å².